The molecule has 2 atom stereocenters. The van der Waals surface area contributed by atoms with Crippen LogP contribution < -0.4 is 4.74 Å². The topological polar surface area (TPSA) is 49.8 Å². The fourth-order valence-corrected chi connectivity index (χ4v) is 2.78. The number of aryl methyl sites for hydroxylation is 2. The van der Waals surface area contributed by atoms with Crippen LogP contribution in [0.5, 0.6) is 5.75 Å². The zero-order valence-electron chi connectivity index (χ0n) is 12.4. The Morgan fingerprint density at radius 1 is 1.45 bits per heavy atom. The molecule has 2 rings (SSSR count). The second-order valence-electron chi connectivity index (χ2n) is 5.66. The summed E-state index contributed by atoms with van der Waals surface area (Å²) in [5.41, 5.74) is 2.21. The van der Waals surface area contributed by atoms with E-state index in [4.69, 9.17) is 4.74 Å². The number of nitrogens with zero attached hydrogens (tertiary/aromatic N) is 1. The minimum atomic E-state index is -0.0646. The summed E-state index contributed by atoms with van der Waals surface area (Å²) in [7, 11) is 0. The summed E-state index contributed by atoms with van der Waals surface area (Å²) < 4.78 is 5.62. The number of ether oxygens (including phenoxy) is 1. The van der Waals surface area contributed by atoms with Crippen molar-refractivity contribution in [1.29, 1.82) is 0 Å². The molecule has 0 saturated carbocycles. The fraction of sp³-hybridized carbons (Fsp3) is 0.562. The molecule has 0 bridgehead atoms. The van der Waals surface area contributed by atoms with Gasteiger partial charge in [-0.2, -0.15) is 0 Å². The highest BCUT2D eigenvalue weighted by molar-refractivity contribution is 5.78. The number of hydrogen-bond donors (Lipinski definition) is 1. The molecule has 1 aromatic carbocycles. The Kier molecular flexibility index (Phi) is 4.65. The first-order valence-electron chi connectivity index (χ1n) is 7.13. The summed E-state index contributed by atoms with van der Waals surface area (Å²) in [6.45, 7) is 6.84. The Labute approximate surface area is 120 Å². The molecule has 4 heteroatoms. The van der Waals surface area contributed by atoms with E-state index < -0.39 is 0 Å². The number of benzene rings is 1. The number of hydrogen-bond acceptors (Lipinski definition) is 3. The Bertz CT molecular complexity index is 487. The van der Waals surface area contributed by atoms with Gasteiger partial charge < -0.3 is 14.7 Å². The lowest BCUT2D eigenvalue weighted by atomic mass is 10.0. The molecule has 4 nitrogen and oxygen atoms in total. The van der Waals surface area contributed by atoms with E-state index in [-0.39, 0.29) is 25.2 Å². The van der Waals surface area contributed by atoms with Crippen LogP contribution in [0.15, 0.2) is 18.2 Å². The van der Waals surface area contributed by atoms with E-state index in [0.29, 0.717) is 12.5 Å². The van der Waals surface area contributed by atoms with Gasteiger partial charge in [0.15, 0.2) is 6.61 Å². The van der Waals surface area contributed by atoms with Gasteiger partial charge in [-0.25, -0.2) is 0 Å². The van der Waals surface area contributed by atoms with Gasteiger partial charge in [0, 0.05) is 6.54 Å². The molecule has 1 aliphatic rings. The Hall–Kier alpha value is -1.55. The van der Waals surface area contributed by atoms with Gasteiger partial charge in [0.1, 0.15) is 5.75 Å². The van der Waals surface area contributed by atoms with Gasteiger partial charge in [0.2, 0.25) is 0 Å². The van der Waals surface area contributed by atoms with Crippen molar-refractivity contribution < 1.29 is 14.6 Å². The Balaban J connectivity index is 1.95. The van der Waals surface area contributed by atoms with Crippen LogP contribution in [0.2, 0.25) is 0 Å². The van der Waals surface area contributed by atoms with E-state index in [9.17, 15) is 9.90 Å². The molecule has 1 amide bonds. The van der Waals surface area contributed by atoms with Crippen molar-refractivity contribution in [3.05, 3.63) is 29.3 Å². The van der Waals surface area contributed by atoms with Crippen LogP contribution in [0.3, 0.4) is 0 Å². The molecule has 20 heavy (non-hydrogen) atoms. The van der Waals surface area contributed by atoms with Gasteiger partial charge >= 0.3 is 0 Å². The average Bonchev–Trinajstić information content (AvgIpc) is 2.78. The van der Waals surface area contributed by atoms with Gasteiger partial charge in [-0.3, -0.25) is 4.79 Å². The van der Waals surface area contributed by atoms with E-state index in [1.54, 1.807) is 4.90 Å². The number of amides is 1. The van der Waals surface area contributed by atoms with Crippen LogP contribution >= 0.6 is 0 Å². The van der Waals surface area contributed by atoms with Crippen molar-refractivity contribution in [2.75, 3.05) is 19.8 Å². The smallest absolute Gasteiger partial charge is 0.260 e. The molecular weight excluding hydrogens is 254 g/mol. The van der Waals surface area contributed by atoms with Gasteiger partial charge in [-0.15, -0.1) is 0 Å². The maximum Gasteiger partial charge on any atom is 0.260 e. The summed E-state index contributed by atoms with van der Waals surface area (Å²) in [6.07, 6.45) is 0.945. The molecule has 110 valence electrons. The molecule has 0 aliphatic carbocycles. The molecule has 1 heterocycles. The van der Waals surface area contributed by atoms with Crippen LogP contribution in [-0.2, 0) is 4.79 Å². The zero-order chi connectivity index (χ0) is 14.7. The zero-order valence-corrected chi connectivity index (χ0v) is 12.4. The lowest BCUT2D eigenvalue weighted by Crippen LogP contribution is -2.42. The normalized spacial score (nSPS) is 22.1. The van der Waals surface area contributed by atoms with Gasteiger partial charge in [0.05, 0.1) is 12.6 Å². The molecule has 2 unspecified atom stereocenters. The van der Waals surface area contributed by atoms with Crippen LogP contribution in [0, 0.1) is 19.8 Å². The first-order chi connectivity index (χ1) is 9.52. The van der Waals surface area contributed by atoms with Crippen molar-refractivity contribution in [2.45, 2.75) is 33.2 Å². The minimum absolute atomic E-state index is 0.0243. The summed E-state index contributed by atoms with van der Waals surface area (Å²) in [4.78, 5) is 13.9. The molecule has 0 spiro atoms. The Morgan fingerprint density at radius 2 is 2.20 bits per heavy atom. The second kappa shape index (κ2) is 6.27. The van der Waals surface area contributed by atoms with E-state index in [1.807, 2.05) is 32.0 Å². The molecule has 1 aromatic rings. The Morgan fingerprint density at radius 3 is 2.85 bits per heavy atom. The number of carbonyl (C=O) groups excluding carboxylic acids is 1. The van der Waals surface area contributed by atoms with Crippen molar-refractivity contribution in [2.24, 2.45) is 5.92 Å². The summed E-state index contributed by atoms with van der Waals surface area (Å²) in [5.74, 6) is 1.05. The molecule has 1 saturated heterocycles. The van der Waals surface area contributed by atoms with E-state index in [2.05, 4.69) is 6.92 Å². The minimum Gasteiger partial charge on any atom is -0.484 e. The number of likely N-dealkylation sites (tertiary alicyclic amines) is 1. The maximum absolute atomic E-state index is 12.2. The predicted molar refractivity (Wildman–Crippen MR) is 77.8 cm³/mol. The lowest BCUT2D eigenvalue weighted by molar-refractivity contribution is -0.135. The third-order valence-electron chi connectivity index (χ3n) is 4.07. The highest BCUT2D eigenvalue weighted by Crippen LogP contribution is 2.24. The second-order valence-corrected chi connectivity index (χ2v) is 5.66. The molecule has 0 aromatic heterocycles. The van der Waals surface area contributed by atoms with Crippen LogP contribution in [0.1, 0.15) is 24.5 Å². The first-order valence-corrected chi connectivity index (χ1v) is 7.13. The number of aliphatic hydroxyl groups is 1. The lowest BCUT2D eigenvalue weighted by Gasteiger charge is -2.25. The first kappa shape index (κ1) is 14.9. The molecular formula is C16H23NO3. The quantitative estimate of drug-likeness (QED) is 0.914. The maximum atomic E-state index is 12.2. The summed E-state index contributed by atoms with van der Waals surface area (Å²) in [5, 5.41) is 9.38. The molecule has 1 fully saturated rings. The molecule has 1 aliphatic heterocycles. The van der Waals surface area contributed by atoms with Crippen molar-refractivity contribution in [3.8, 4) is 5.75 Å². The number of rotatable bonds is 4. The van der Waals surface area contributed by atoms with Crippen LogP contribution in [-0.4, -0.2) is 41.7 Å². The van der Waals surface area contributed by atoms with E-state index in [1.165, 1.54) is 5.56 Å². The fourth-order valence-electron chi connectivity index (χ4n) is 2.78. The predicted octanol–water partition coefficient (Wildman–Crippen LogP) is 1.91. The van der Waals surface area contributed by atoms with E-state index in [0.717, 1.165) is 17.7 Å². The summed E-state index contributed by atoms with van der Waals surface area (Å²) in [6, 6.07) is 5.84. The average molecular weight is 277 g/mol. The monoisotopic (exact) mass is 277 g/mol. The van der Waals surface area contributed by atoms with Crippen molar-refractivity contribution in [1.82, 2.24) is 4.90 Å². The van der Waals surface area contributed by atoms with Gasteiger partial charge in [-0.05, 0) is 37.8 Å². The standard InChI is InChI=1S/C16H23NO3/c1-11-4-5-15(13(3)8-11)20-10-16(19)17-7-6-12(2)14(17)9-18/h4-5,8,12,14,18H,6-7,9-10H2,1-3H3. The third-order valence-corrected chi connectivity index (χ3v) is 4.07. The van der Waals surface area contributed by atoms with Gasteiger partial charge in [0.25, 0.3) is 5.91 Å². The van der Waals surface area contributed by atoms with Crippen molar-refractivity contribution in [3.63, 3.8) is 0 Å². The SMILES string of the molecule is Cc1ccc(OCC(=O)N2CCC(C)C2CO)c(C)c1. The third kappa shape index (κ3) is 3.12. The number of aliphatic hydroxyl groups excluding tert-OH is 1. The van der Waals surface area contributed by atoms with Crippen LogP contribution in [0.25, 0.3) is 0 Å². The van der Waals surface area contributed by atoms with Crippen LogP contribution in [0.4, 0.5) is 0 Å². The summed E-state index contributed by atoms with van der Waals surface area (Å²) >= 11 is 0. The highest BCUT2D eigenvalue weighted by atomic mass is 16.5. The number of carbonyl (C=O) groups is 1. The highest BCUT2D eigenvalue weighted by Gasteiger charge is 2.33. The largest absolute Gasteiger partial charge is 0.484 e. The molecule has 1 N–H and O–H groups in total. The van der Waals surface area contributed by atoms with Crippen molar-refractivity contribution >= 4 is 5.91 Å². The molecule has 0 radical (unpaired) electrons. The van der Waals surface area contributed by atoms with E-state index >= 15 is 0 Å². The van der Waals surface area contributed by atoms with Gasteiger partial charge in [-0.1, -0.05) is 24.6 Å².